The van der Waals surface area contributed by atoms with Gasteiger partial charge in [0.25, 0.3) is 0 Å². The monoisotopic (exact) mass is 347 g/mol. The number of hydrogen-bond donors (Lipinski definition) is 4. The van der Waals surface area contributed by atoms with Crippen LogP contribution in [0.15, 0.2) is 59.4 Å². The molecule has 0 aromatic heterocycles. The lowest BCUT2D eigenvalue weighted by atomic mass is 9.87. The molecular weight excluding hydrogens is 326 g/mol. The summed E-state index contributed by atoms with van der Waals surface area (Å²) in [5.74, 6) is 0.737. The standard InChI is InChI=1S/C19H15N3O2.C2H6/c20-9-16-17(10-1-3-12(23)4-2-10)15-8-11-7-13(24)5-6-14(11)18(15)22-19(16)21;1-2/h1-7,18,22-24H,8,21H2;1-2H3. The number of dihydropyridines is 1. The van der Waals surface area contributed by atoms with Crippen molar-refractivity contribution in [3.05, 3.63) is 76.1 Å². The molecule has 1 aliphatic heterocycles. The van der Waals surface area contributed by atoms with Crippen molar-refractivity contribution >= 4 is 5.57 Å². The Bertz CT molecular complexity index is 950. The van der Waals surface area contributed by atoms with Crippen molar-refractivity contribution in [3.63, 3.8) is 0 Å². The summed E-state index contributed by atoms with van der Waals surface area (Å²) >= 11 is 0. The zero-order valence-electron chi connectivity index (χ0n) is 14.7. The quantitative estimate of drug-likeness (QED) is 0.632. The fourth-order valence-corrected chi connectivity index (χ4v) is 3.52. The molecule has 2 aromatic carbocycles. The molecule has 0 fully saturated rings. The van der Waals surface area contributed by atoms with Crippen LogP contribution in [0.25, 0.3) is 5.57 Å². The predicted octanol–water partition coefficient (Wildman–Crippen LogP) is 3.47. The van der Waals surface area contributed by atoms with Crippen LogP contribution in [0.2, 0.25) is 0 Å². The number of aromatic hydroxyl groups is 2. The number of nitrogens with zero attached hydrogens (tertiary/aromatic N) is 1. The molecule has 2 aliphatic rings. The molecule has 0 saturated carbocycles. The molecule has 2 aromatic rings. The minimum Gasteiger partial charge on any atom is -0.508 e. The lowest BCUT2D eigenvalue weighted by Gasteiger charge is -2.27. The van der Waals surface area contributed by atoms with E-state index in [2.05, 4.69) is 11.4 Å². The topological polar surface area (TPSA) is 102 Å². The summed E-state index contributed by atoms with van der Waals surface area (Å²) < 4.78 is 0. The van der Waals surface area contributed by atoms with E-state index >= 15 is 0 Å². The molecule has 4 rings (SSSR count). The maximum Gasteiger partial charge on any atom is 0.116 e. The van der Waals surface area contributed by atoms with Crippen molar-refractivity contribution in [2.45, 2.75) is 26.3 Å². The maximum absolute atomic E-state index is 9.74. The van der Waals surface area contributed by atoms with Gasteiger partial charge in [0.1, 0.15) is 23.4 Å². The highest BCUT2D eigenvalue weighted by atomic mass is 16.3. The highest BCUT2D eigenvalue weighted by Gasteiger charge is 2.35. The van der Waals surface area contributed by atoms with Gasteiger partial charge in [0.2, 0.25) is 0 Å². The summed E-state index contributed by atoms with van der Waals surface area (Å²) in [4.78, 5) is 0. The van der Waals surface area contributed by atoms with Gasteiger partial charge in [-0.05, 0) is 52.9 Å². The van der Waals surface area contributed by atoms with Crippen molar-refractivity contribution in [1.82, 2.24) is 5.32 Å². The third kappa shape index (κ3) is 2.76. The Morgan fingerprint density at radius 3 is 2.38 bits per heavy atom. The minimum atomic E-state index is -0.110. The molecule has 0 amide bonds. The van der Waals surface area contributed by atoms with Gasteiger partial charge in [-0.2, -0.15) is 5.26 Å². The number of rotatable bonds is 1. The molecule has 1 atom stereocenters. The lowest BCUT2D eigenvalue weighted by molar-refractivity contribution is 0.474. The molecule has 1 aliphatic carbocycles. The summed E-state index contributed by atoms with van der Waals surface area (Å²) in [5, 5.41) is 32.1. The second-order valence-corrected chi connectivity index (χ2v) is 5.98. The van der Waals surface area contributed by atoms with Crippen LogP contribution in [0.4, 0.5) is 0 Å². The molecule has 0 bridgehead atoms. The normalized spacial score (nSPS) is 17.5. The fraction of sp³-hybridized carbons (Fsp3) is 0.190. The van der Waals surface area contributed by atoms with Gasteiger partial charge in [-0.1, -0.05) is 32.0 Å². The largest absolute Gasteiger partial charge is 0.508 e. The Hall–Kier alpha value is -3.39. The van der Waals surface area contributed by atoms with Crippen LogP contribution in [0.1, 0.15) is 36.6 Å². The first kappa shape index (κ1) is 17.4. The number of nitrogens with two attached hydrogens (primary N) is 1. The number of phenolic OH excluding ortho intramolecular Hbond substituents is 2. The second-order valence-electron chi connectivity index (χ2n) is 5.98. The van der Waals surface area contributed by atoms with Crippen LogP contribution in [0.5, 0.6) is 11.5 Å². The second kappa shape index (κ2) is 6.85. The van der Waals surface area contributed by atoms with E-state index in [0.717, 1.165) is 27.8 Å². The average Bonchev–Trinajstić information content (AvgIpc) is 3.00. The summed E-state index contributed by atoms with van der Waals surface area (Å²) in [6.45, 7) is 4.00. The first-order chi connectivity index (χ1) is 12.6. The maximum atomic E-state index is 9.74. The highest BCUT2D eigenvalue weighted by Crippen LogP contribution is 2.46. The first-order valence-corrected chi connectivity index (χ1v) is 8.59. The Kier molecular flexibility index (Phi) is 4.59. The Morgan fingerprint density at radius 2 is 1.73 bits per heavy atom. The van der Waals surface area contributed by atoms with Gasteiger partial charge < -0.3 is 21.3 Å². The van der Waals surface area contributed by atoms with Crippen LogP contribution >= 0.6 is 0 Å². The molecule has 1 unspecified atom stereocenters. The molecular formula is C21H21N3O2. The van der Waals surface area contributed by atoms with E-state index in [-0.39, 0.29) is 17.5 Å². The van der Waals surface area contributed by atoms with Gasteiger partial charge in [0.05, 0.1) is 11.6 Å². The van der Waals surface area contributed by atoms with E-state index in [1.807, 2.05) is 19.9 Å². The van der Waals surface area contributed by atoms with Crippen LogP contribution in [0.3, 0.4) is 0 Å². The predicted molar refractivity (Wildman–Crippen MR) is 101 cm³/mol. The van der Waals surface area contributed by atoms with Crippen LogP contribution in [0, 0.1) is 11.3 Å². The molecule has 0 saturated heterocycles. The summed E-state index contributed by atoms with van der Waals surface area (Å²) in [6.07, 6.45) is 0.635. The molecule has 5 N–H and O–H groups in total. The first-order valence-electron chi connectivity index (χ1n) is 8.59. The molecule has 26 heavy (non-hydrogen) atoms. The van der Waals surface area contributed by atoms with Crippen LogP contribution in [-0.2, 0) is 6.42 Å². The molecule has 5 nitrogen and oxygen atoms in total. The van der Waals surface area contributed by atoms with E-state index in [1.165, 1.54) is 0 Å². The number of hydrogen-bond acceptors (Lipinski definition) is 5. The van der Waals surface area contributed by atoms with Crippen molar-refractivity contribution < 1.29 is 10.2 Å². The number of fused-ring (bicyclic) bond motifs is 3. The molecule has 5 heteroatoms. The molecule has 0 radical (unpaired) electrons. The number of benzene rings is 2. The Morgan fingerprint density at radius 1 is 1.08 bits per heavy atom. The number of allylic oxidation sites excluding steroid dienone is 2. The Labute approximate surface area is 152 Å². The van der Waals surface area contributed by atoms with Gasteiger partial charge in [0, 0.05) is 5.57 Å². The van der Waals surface area contributed by atoms with Gasteiger partial charge in [0.15, 0.2) is 0 Å². The SMILES string of the molecule is CC.N#CC1=C(N)NC2C(=C1c1ccc(O)cc1)Cc1cc(O)ccc12. The third-order valence-corrected chi connectivity index (χ3v) is 4.57. The van der Waals surface area contributed by atoms with Crippen molar-refractivity contribution in [2.24, 2.45) is 5.73 Å². The van der Waals surface area contributed by atoms with Gasteiger partial charge in [-0.15, -0.1) is 0 Å². The lowest BCUT2D eigenvalue weighted by Crippen LogP contribution is -2.31. The summed E-state index contributed by atoms with van der Waals surface area (Å²) in [6, 6.07) is 14.1. The van der Waals surface area contributed by atoms with Crippen molar-refractivity contribution in [2.75, 3.05) is 0 Å². The minimum absolute atomic E-state index is 0.110. The van der Waals surface area contributed by atoms with E-state index in [0.29, 0.717) is 17.8 Å². The van der Waals surface area contributed by atoms with Gasteiger partial charge >= 0.3 is 0 Å². The van der Waals surface area contributed by atoms with Gasteiger partial charge in [-0.3, -0.25) is 0 Å². The van der Waals surface area contributed by atoms with Crippen molar-refractivity contribution in [1.29, 1.82) is 5.26 Å². The smallest absolute Gasteiger partial charge is 0.116 e. The van der Waals surface area contributed by atoms with E-state index < -0.39 is 0 Å². The average molecular weight is 347 g/mol. The summed E-state index contributed by atoms with van der Waals surface area (Å²) in [7, 11) is 0. The Balaban J connectivity index is 0.000000948. The summed E-state index contributed by atoms with van der Waals surface area (Å²) in [5.41, 5.74) is 11.3. The van der Waals surface area contributed by atoms with Gasteiger partial charge in [-0.25, -0.2) is 0 Å². The third-order valence-electron chi connectivity index (χ3n) is 4.57. The fourth-order valence-electron chi connectivity index (χ4n) is 3.52. The number of nitrogens with one attached hydrogen (secondary N) is 1. The zero-order valence-corrected chi connectivity index (χ0v) is 14.7. The molecule has 0 spiro atoms. The van der Waals surface area contributed by atoms with E-state index in [4.69, 9.17) is 5.73 Å². The molecule has 1 heterocycles. The van der Waals surface area contributed by atoms with E-state index in [1.54, 1.807) is 36.4 Å². The molecule has 132 valence electrons. The van der Waals surface area contributed by atoms with E-state index in [9.17, 15) is 15.5 Å². The van der Waals surface area contributed by atoms with Crippen LogP contribution in [-0.4, -0.2) is 10.2 Å². The van der Waals surface area contributed by atoms with Crippen molar-refractivity contribution in [3.8, 4) is 17.6 Å². The number of nitriles is 1. The van der Waals surface area contributed by atoms with Crippen LogP contribution < -0.4 is 11.1 Å². The highest BCUT2D eigenvalue weighted by molar-refractivity contribution is 5.89. The number of phenols is 2. The zero-order chi connectivity index (χ0) is 18.8.